The Labute approximate surface area is 173 Å². The van der Waals surface area contributed by atoms with Crippen molar-refractivity contribution in [2.24, 2.45) is 0 Å². The molecule has 0 radical (unpaired) electrons. The maximum Gasteiger partial charge on any atom is 0.410 e. The van der Waals surface area contributed by atoms with Crippen molar-refractivity contribution in [1.29, 1.82) is 0 Å². The van der Waals surface area contributed by atoms with Crippen molar-refractivity contribution in [2.45, 2.75) is 44.9 Å². The average Bonchev–Trinajstić information content (AvgIpc) is 2.69. The van der Waals surface area contributed by atoms with Crippen molar-refractivity contribution in [3.63, 3.8) is 0 Å². The quantitative estimate of drug-likeness (QED) is 0.732. The monoisotopic (exact) mass is 398 g/mol. The van der Waals surface area contributed by atoms with Crippen molar-refractivity contribution < 1.29 is 13.9 Å². The summed E-state index contributed by atoms with van der Waals surface area (Å²) < 4.78 is 20.3. The summed E-state index contributed by atoms with van der Waals surface area (Å²) in [5, 5.41) is 0. The minimum absolute atomic E-state index is 0.306. The third-order valence-corrected chi connectivity index (χ3v) is 5.29. The first-order valence-electron chi connectivity index (χ1n) is 10.2. The van der Waals surface area contributed by atoms with E-state index in [0.717, 1.165) is 11.1 Å². The number of hydrogen-bond acceptors (Lipinski definition) is 3. The topological polar surface area (TPSA) is 32.8 Å². The van der Waals surface area contributed by atoms with Gasteiger partial charge in [-0.25, -0.2) is 9.18 Å². The molecule has 1 fully saturated rings. The molecule has 0 bridgehead atoms. The number of nitrogens with zero attached hydrogens (tertiary/aromatic N) is 2. The van der Waals surface area contributed by atoms with Crippen LogP contribution in [-0.4, -0.2) is 53.3 Å². The Morgan fingerprint density at radius 2 is 1.59 bits per heavy atom. The highest BCUT2D eigenvalue weighted by Gasteiger charge is 2.44. The fourth-order valence-corrected chi connectivity index (χ4v) is 3.86. The summed E-state index contributed by atoms with van der Waals surface area (Å²) in [4.78, 5) is 16.6. The summed E-state index contributed by atoms with van der Waals surface area (Å²) >= 11 is 0. The van der Waals surface area contributed by atoms with Gasteiger partial charge in [0.15, 0.2) is 0 Å². The Balaban J connectivity index is 1.86. The van der Waals surface area contributed by atoms with Crippen LogP contribution in [-0.2, 0) is 17.7 Å². The SMILES string of the molecule is CC(C)(C)OC(=O)N1CCN(Cc2ccccc2)C(CF)(Cc2ccccc2)C1. The molecule has 0 aliphatic carbocycles. The molecule has 156 valence electrons. The molecule has 1 amide bonds. The first-order valence-corrected chi connectivity index (χ1v) is 10.2. The minimum Gasteiger partial charge on any atom is -0.444 e. The van der Waals surface area contributed by atoms with Crippen molar-refractivity contribution in [2.75, 3.05) is 26.3 Å². The van der Waals surface area contributed by atoms with E-state index in [1.54, 1.807) is 4.90 Å². The van der Waals surface area contributed by atoms with Crippen LogP contribution in [0.1, 0.15) is 31.9 Å². The molecule has 3 rings (SSSR count). The van der Waals surface area contributed by atoms with Crippen molar-refractivity contribution >= 4 is 6.09 Å². The van der Waals surface area contributed by atoms with Gasteiger partial charge in [-0.05, 0) is 38.3 Å². The lowest BCUT2D eigenvalue weighted by Crippen LogP contribution is -2.65. The van der Waals surface area contributed by atoms with E-state index in [2.05, 4.69) is 17.0 Å². The first kappa shape index (κ1) is 21.3. The van der Waals surface area contributed by atoms with Crippen LogP contribution in [0.25, 0.3) is 0 Å². The zero-order valence-electron chi connectivity index (χ0n) is 17.6. The lowest BCUT2D eigenvalue weighted by molar-refractivity contribution is -0.0387. The third-order valence-electron chi connectivity index (χ3n) is 5.29. The molecule has 1 aliphatic rings. The van der Waals surface area contributed by atoms with E-state index in [9.17, 15) is 9.18 Å². The van der Waals surface area contributed by atoms with E-state index < -0.39 is 17.8 Å². The second-order valence-electron chi connectivity index (χ2n) is 8.83. The van der Waals surface area contributed by atoms with Crippen LogP contribution in [0.3, 0.4) is 0 Å². The number of alkyl halides is 1. The Kier molecular flexibility index (Phi) is 6.58. The summed E-state index contributed by atoms with van der Waals surface area (Å²) in [7, 11) is 0. The van der Waals surface area contributed by atoms with E-state index in [4.69, 9.17) is 4.74 Å². The lowest BCUT2D eigenvalue weighted by atomic mass is 9.87. The number of amides is 1. The van der Waals surface area contributed by atoms with E-state index in [-0.39, 0.29) is 6.09 Å². The fourth-order valence-electron chi connectivity index (χ4n) is 3.86. The summed E-state index contributed by atoms with van der Waals surface area (Å²) in [6, 6.07) is 20.0. The van der Waals surface area contributed by atoms with Gasteiger partial charge in [0.2, 0.25) is 0 Å². The van der Waals surface area contributed by atoms with Crippen molar-refractivity contribution in [3.05, 3.63) is 71.8 Å². The van der Waals surface area contributed by atoms with Crippen molar-refractivity contribution in [1.82, 2.24) is 9.80 Å². The van der Waals surface area contributed by atoms with Gasteiger partial charge in [0.1, 0.15) is 12.3 Å². The Hall–Kier alpha value is -2.40. The number of piperazine rings is 1. The molecule has 1 aliphatic heterocycles. The standard InChI is InChI=1S/C24H31FN2O2/c1-23(2,3)29-22(28)26-14-15-27(17-21-12-8-5-9-13-21)24(18-25,19-26)16-20-10-6-4-7-11-20/h4-13H,14-19H2,1-3H3. The number of hydrogen-bond donors (Lipinski definition) is 0. The highest BCUT2D eigenvalue weighted by Crippen LogP contribution is 2.30. The number of benzene rings is 2. The van der Waals surface area contributed by atoms with Gasteiger partial charge in [0.25, 0.3) is 0 Å². The molecule has 2 aromatic rings. The second kappa shape index (κ2) is 8.95. The summed E-state index contributed by atoms with van der Waals surface area (Å²) in [5.74, 6) is 0. The molecule has 4 nitrogen and oxygen atoms in total. The van der Waals surface area contributed by atoms with E-state index in [1.165, 1.54) is 0 Å². The normalized spacial score (nSPS) is 20.5. The maximum atomic E-state index is 14.7. The van der Waals surface area contributed by atoms with Crippen LogP contribution in [0, 0.1) is 0 Å². The molecule has 5 heteroatoms. The molecule has 0 spiro atoms. The number of carbonyl (C=O) groups is 1. The Morgan fingerprint density at radius 1 is 1.00 bits per heavy atom. The molecular formula is C24H31FN2O2. The summed E-state index contributed by atoms with van der Waals surface area (Å²) in [5.41, 5.74) is 0.848. The van der Waals surface area contributed by atoms with Crippen LogP contribution in [0.5, 0.6) is 0 Å². The molecule has 2 aromatic carbocycles. The molecule has 1 unspecified atom stereocenters. The zero-order chi connectivity index (χ0) is 20.9. The molecular weight excluding hydrogens is 367 g/mol. The first-order chi connectivity index (χ1) is 13.8. The summed E-state index contributed by atoms with van der Waals surface area (Å²) in [6.45, 7) is 7.10. The van der Waals surface area contributed by atoms with Crippen molar-refractivity contribution in [3.8, 4) is 0 Å². The number of ether oxygens (including phenoxy) is 1. The predicted molar refractivity (Wildman–Crippen MR) is 114 cm³/mol. The molecule has 1 saturated heterocycles. The molecule has 0 saturated carbocycles. The van der Waals surface area contributed by atoms with Gasteiger partial charge in [-0.2, -0.15) is 0 Å². The lowest BCUT2D eigenvalue weighted by Gasteiger charge is -2.49. The highest BCUT2D eigenvalue weighted by atomic mass is 19.1. The van der Waals surface area contributed by atoms with Gasteiger partial charge < -0.3 is 9.64 Å². The van der Waals surface area contributed by atoms with E-state index >= 15 is 0 Å². The minimum atomic E-state index is -0.785. The predicted octanol–water partition coefficient (Wildman–Crippen LogP) is 4.69. The van der Waals surface area contributed by atoms with Gasteiger partial charge in [-0.1, -0.05) is 60.7 Å². The van der Waals surface area contributed by atoms with Crippen LogP contribution in [0.2, 0.25) is 0 Å². The average molecular weight is 399 g/mol. The molecule has 1 atom stereocenters. The summed E-state index contributed by atoms with van der Waals surface area (Å²) in [6.07, 6.45) is 0.166. The van der Waals surface area contributed by atoms with Gasteiger partial charge in [0.05, 0.1) is 5.54 Å². The Morgan fingerprint density at radius 3 is 2.14 bits per heavy atom. The third kappa shape index (κ3) is 5.57. The number of rotatable bonds is 5. The smallest absolute Gasteiger partial charge is 0.410 e. The molecule has 29 heavy (non-hydrogen) atoms. The largest absolute Gasteiger partial charge is 0.444 e. The van der Waals surface area contributed by atoms with E-state index in [0.29, 0.717) is 32.6 Å². The van der Waals surface area contributed by atoms with Gasteiger partial charge >= 0.3 is 6.09 Å². The molecule has 0 N–H and O–H groups in total. The zero-order valence-corrected chi connectivity index (χ0v) is 17.6. The van der Waals surface area contributed by atoms with Crippen LogP contribution < -0.4 is 0 Å². The van der Waals surface area contributed by atoms with Gasteiger partial charge in [-0.15, -0.1) is 0 Å². The Bertz CT molecular complexity index is 792. The fraction of sp³-hybridized carbons (Fsp3) is 0.458. The molecule has 0 aromatic heterocycles. The van der Waals surface area contributed by atoms with Crippen LogP contribution >= 0.6 is 0 Å². The van der Waals surface area contributed by atoms with Crippen LogP contribution in [0.4, 0.5) is 9.18 Å². The van der Waals surface area contributed by atoms with Gasteiger partial charge in [-0.3, -0.25) is 4.90 Å². The second-order valence-corrected chi connectivity index (χ2v) is 8.83. The maximum absolute atomic E-state index is 14.7. The molecule has 1 heterocycles. The van der Waals surface area contributed by atoms with Gasteiger partial charge in [0, 0.05) is 26.2 Å². The number of carbonyl (C=O) groups excluding carboxylic acids is 1. The van der Waals surface area contributed by atoms with E-state index in [1.807, 2.05) is 69.3 Å². The van der Waals surface area contributed by atoms with Crippen LogP contribution in [0.15, 0.2) is 60.7 Å². The number of halogens is 1. The highest BCUT2D eigenvalue weighted by molar-refractivity contribution is 5.68.